The van der Waals surface area contributed by atoms with E-state index >= 15 is 0 Å². The molecule has 0 spiro atoms. The molecule has 27 heavy (non-hydrogen) atoms. The number of likely N-dealkylation sites (tertiary alicyclic amines) is 1. The Labute approximate surface area is 154 Å². The monoisotopic (exact) mass is 392 g/mol. The van der Waals surface area contributed by atoms with E-state index in [2.05, 4.69) is 0 Å². The van der Waals surface area contributed by atoms with Gasteiger partial charge in [-0.25, -0.2) is 4.90 Å². The van der Waals surface area contributed by atoms with Crippen molar-refractivity contribution in [3.05, 3.63) is 29.8 Å². The summed E-state index contributed by atoms with van der Waals surface area (Å²) in [6.45, 7) is 1.02. The van der Waals surface area contributed by atoms with Crippen molar-refractivity contribution in [2.45, 2.75) is 44.1 Å². The highest BCUT2D eigenvalue weighted by atomic mass is 19.4. The Morgan fingerprint density at radius 1 is 1.37 bits per heavy atom. The standard InChI is InChI=1S/C17H23F3N2O5/c1-3-27-15(25)16(17(18,19)20,22-10-4-5-13(22)23)21-14(24)11-6-8-12(26-2)9-7-11/h6-9,13,15,23,25H,3-5,10H2,1-2H3,(H,21,24). The lowest BCUT2D eigenvalue weighted by atomic mass is 10.0. The van der Waals surface area contributed by atoms with E-state index < -0.39 is 30.3 Å². The third-order valence-electron chi connectivity index (χ3n) is 4.44. The molecule has 1 aliphatic heterocycles. The van der Waals surface area contributed by atoms with Crippen molar-refractivity contribution in [3.63, 3.8) is 0 Å². The number of hydrogen-bond donors (Lipinski definition) is 3. The lowest BCUT2D eigenvalue weighted by molar-refractivity contribution is -0.326. The minimum atomic E-state index is -5.13. The number of hydrogen-bond acceptors (Lipinski definition) is 6. The number of alkyl halides is 3. The molecule has 1 aromatic carbocycles. The number of nitrogens with one attached hydrogen (secondary N) is 1. The van der Waals surface area contributed by atoms with E-state index in [1.165, 1.54) is 38.3 Å². The van der Waals surface area contributed by atoms with E-state index in [9.17, 15) is 28.2 Å². The van der Waals surface area contributed by atoms with Crippen molar-refractivity contribution in [3.8, 4) is 5.75 Å². The van der Waals surface area contributed by atoms with E-state index in [-0.39, 0.29) is 31.6 Å². The van der Waals surface area contributed by atoms with Gasteiger partial charge in [0.2, 0.25) is 12.0 Å². The molecule has 0 radical (unpaired) electrons. The minimum absolute atomic E-state index is 0.0678. The lowest BCUT2D eigenvalue weighted by Gasteiger charge is -2.46. The van der Waals surface area contributed by atoms with Crippen LogP contribution in [0.15, 0.2) is 24.3 Å². The van der Waals surface area contributed by atoms with Gasteiger partial charge >= 0.3 is 6.18 Å². The Morgan fingerprint density at radius 2 is 2.00 bits per heavy atom. The minimum Gasteiger partial charge on any atom is -0.497 e. The Morgan fingerprint density at radius 3 is 2.44 bits per heavy atom. The number of nitrogens with zero attached hydrogens (tertiary/aromatic N) is 1. The molecule has 2 rings (SSSR count). The van der Waals surface area contributed by atoms with Gasteiger partial charge in [-0.1, -0.05) is 0 Å². The molecule has 3 atom stereocenters. The van der Waals surface area contributed by atoms with Gasteiger partial charge in [0.05, 0.1) is 7.11 Å². The van der Waals surface area contributed by atoms with E-state index in [4.69, 9.17) is 9.47 Å². The number of carbonyl (C=O) groups excluding carboxylic acids is 1. The summed E-state index contributed by atoms with van der Waals surface area (Å²) < 4.78 is 52.2. The summed E-state index contributed by atoms with van der Waals surface area (Å²) in [6.07, 6.45) is -8.70. The van der Waals surface area contributed by atoms with Crippen LogP contribution in [0.25, 0.3) is 0 Å². The highest BCUT2D eigenvalue weighted by molar-refractivity contribution is 5.94. The normalized spacial score (nSPS) is 21.5. The summed E-state index contributed by atoms with van der Waals surface area (Å²) in [5, 5.41) is 22.1. The first-order valence-corrected chi connectivity index (χ1v) is 8.45. The molecule has 3 N–H and O–H groups in total. The smallest absolute Gasteiger partial charge is 0.430 e. The molecular weight excluding hydrogens is 369 g/mol. The van der Waals surface area contributed by atoms with E-state index in [0.29, 0.717) is 10.6 Å². The Hall–Kier alpha value is -1.88. The van der Waals surface area contributed by atoms with Crippen molar-refractivity contribution in [1.29, 1.82) is 0 Å². The van der Waals surface area contributed by atoms with Gasteiger partial charge in [0.15, 0.2) is 0 Å². The largest absolute Gasteiger partial charge is 0.497 e. The lowest BCUT2D eigenvalue weighted by Crippen LogP contribution is -2.75. The second kappa shape index (κ2) is 8.42. The molecule has 0 aromatic heterocycles. The highest BCUT2D eigenvalue weighted by Gasteiger charge is 2.66. The summed E-state index contributed by atoms with van der Waals surface area (Å²) in [4.78, 5) is 13.2. The number of aliphatic hydroxyl groups is 2. The van der Waals surface area contributed by atoms with Crippen LogP contribution in [-0.2, 0) is 4.74 Å². The molecular formula is C17H23F3N2O5. The van der Waals surface area contributed by atoms with Crippen LogP contribution in [0.2, 0.25) is 0 Å². The molecule has 0 saturated carbocycles. The predicted molar refractivity (Wildman–Crippen MR) is 88.8 cm³/mol. The van der Waals surface area contributed by atoms with Crippen LogP contribution >= 0.6 is 0 Å². The molecule has 3 unspecified atom stereocenters. The van der Waals surface area contributed by atoms with E-state index in [1.807, 2.05) is 5.32 Å². The average Bonchev–Trinajstić information content (AvgIpc) is 3.04. The second-order valence-corrected chi connectivity index (χ2v) is 6.07. The molecule has 0 aliphatic carbocycles. The predicted octanol–water partition coefficient (Wildman–Crippen LogP) is 1.45. The summed E-state index contributed by atoms with van der Waals surface area (Å²) in [5.41, 5.74) is -3.36. The molecule has 1 fully saturated rings. The number of aliphatic hydroxyl groups excluding tert-OH is 2. The Bertz CT molecular complexity index is 640. The average molecular weight is 392 g/mol. The number of amides is 1. The maximum atomic E-state index is 14.1. The quantitative estimate of drug-likeness (QED) is 0.609. The van der Waals surface area contributed by atoms with E-state index in [0.717, 1.165) is 0 Å². The fourth-order valence-corrected chi connectivity index (χ4v) is 3.08. The zero-order valence-electron chi connectivity index (χ0n) is 15.0. The fraction of sp³-hybridized carbons (Fsp3) is 0.588. The molecule has 152 valence electrons. The number of rotatable bonds is 7. The number of methoxy groups -OCH3 is 1. The summed E-state index contributed by atoms with van der Waals surface area (Å²) >= 11 is 0. The van der Waals surface area contributed by atoms with Gasteiger partial charge in [-0.2, -0.15) is 13.2 Å². The highest BCUT2D eigenvalue weighted by Crippen LogP contribution is 2.40. The van der Waals surface area contributed by atoms with Crippen molar-refractivity contribution >= 4 is 5.91 Å². The third-order valence-corrected chi connectivity index (χ3v) is 4.44. The SMILES string of the molecule is CCOC(O)C(NC(=O)c1ccc(OC)cc1)(N1CCCC1O)C(F)(F)F. The maximum absolute atomic E-state index is 14.1. The Balaban J connectivity index is 2.44. The zero-order chi connectivity index (χ0) is 20.2. The van der Waals surface area contributed by atoms with Crippen molar-refractivity contribution in [2.24, 2.45) is 0 Å². The van der Waals surface area contributed by atoms with Gasteiger partial charge in [0, 0.05) is 18.7 Å². The van der Waals surface area contributed by atoms with Crippen LogP contribution in [0, 0.1) is 0 Å². The molecule has 1 aromatic rings. The first-order chi connectivity index (χ1) is 12.7. The first kappa shape index (κ1) is 21.4. The van der Waals surface area contributed by atoms with Crippen LogP contribution in [0.1, 0.15) is 30.1 Å². The number of halogens is 3. The summed E-state index contributed by atoms with van der Waals surface area (Å²) in [7, 11) is 1.41. The van der Waals surface area contributed by atoms with Crippen molar-refractivity contribution < 1.29 is 37.7 Å². The molecule has 10 heteroatoms. The zero-order valence-corrected chi connectivity index (χ0v) is 15.0. The third kappa shape index (κ3) is 4.18. The van der Waals surface area contributed by atoms with Gasteiger partial charge in [-0.15, -0.1) is 0 Å². The fourth-order valence-electron chi connectivity index (χ4n) is 3.08. The van der Waals surface area contributed by atoms with Crippen LogP contribution in [0.5, 0.6) is 5.75 Å². The van der Waals surface area contributed by atoms with Crippen LogP contribution in [0.4, 0.5) is 13.2 Å². The second-order valence-electron chi connectivity index (χ2n) is 6.07. The van der Waals surface area contributed by atoms with Gasteiger partial charge in [-0.3, -0.25) is 4.79 Å². The number of ether oxygens (including phenoxy) is 2. The van der Waals surface area contributed by atoms with Gasteiger partial charge in [0.1, 0.15) is 12.0 Å². The summed E-state index contributed by atoms with van der Waals surface area (Å²) in [6, 6.07) is 5.44. The molecule has 0 bridgehead atoms. The van der Waals surface area contributed by atoms with Crippen LogP contribution < -0.4 is 10.1 Å². The van der Waals surface area contributed by atoms with Crippen LogP contribution in [-0.4, -0.2) is 65.6 Å². The molecule has 7 nitrogen and oxygen atoms in total. The van der Waals surface area contributed by atoms with E-state index in [1.54, 1.807) is 0 Å². The van der Waals surface area contributed by atoms with Crippen LogP contribution in [0.3, 0.4) is 0 Å². The molecule has 1 heterocycles. The van der Waals surface area contributed by atoms with Gasteiger partial charge < -0.3 is 25.0 Å². The van der Waals surface area contributed by atoms with Gasteiger partial charge in [-0.05, 0) is 44.0 Å². The van der Waals surface area contributed by atoms with Gasteiger partial charge in [0.25, 0.3) is 5.91 Å². The number of carbonyl (C=O) groups is 1. The Kier molecular flexibility index (Phi) is 6.68. The maximum Gasteiger partial charge on any atom is 0.430 e. The molecule has 1 saturated heterocycles. The number of benzene rings is 1. The molecule has 1 amide bonds. The summed E-state index contributed by atoms with van der Waals surface area (Å²) in [5.74, 6) is -0.647. The topological polar surface area (TPSA) is 91.3 Å². The first-order valence-electron chi connectivity index (χ1n) is 8.45. The van der Waals surface area contributed by atoms with Crippen molar-refractivity contribution in [2.75, 3.05) is 20.3 Å². The molecule has 1 aliphatic rings. The van der Waals surface area contributed by atoms with Crippen molar-refractivity contribution in [1.82, 2.24) is 10.2 Å².